The molecule has 3 aromatic rings. The average molecular weight is 467 g/mol. The Kier molecular flexibility index (Phi) is 7.90. The van der Waals surface area contributed by atoms with Crippen molar-refractivity contribution < 1.29 is 14.3 Å². The maximum atomic E-state index is 12.7. The molecule has 0 aliphatic carbocycles. The van der Waals surface area contributed by atoms with Gasteiger partial charge in [0.25, 0.3) is 5.91 Å². The van der Waals surface area contributed by atoms with Crippen LogP contribution in [0.2, 0.25) is 5.02 Å². The molecule has 8 heteroatoms. The summed E-state index contributed by atoms with van der Waals surface area (Å²) in [7, 11) is 3.94. The van der Waals surface area contributed by atoms with Gasteiger partial charge in [-0.05, 0) is 55.3 Å². The number of rotatable bonds is 8. The van der Waals surface area contributed by atoms with Crippen molar-refractivity contribution in [2.75, 3.05) is 25.6 Å². The third-order valence-electron chi connectivity index (χ3n) is 5.12. The van der Waals surface area contributed by atoms with Crippen molar-refractivity contribution in [3.63, 3.8) is 0 Å². The van der Waals surface area contributed by atoms with E-state index in [0.29, 0.717) is 22.0 Å². The molecule has 1 aromatic heterocycles. The summed E-state index contributed by atoms with van der Waals surface area (Å²) >= 11 is 6.02. The number of nitrogens with one attached hydrogen (secondary N) is 1. The van der Waals surface area contributed by atoms with E-state index < -0.39 is 5.97 Å². The Morgan fingerprint density at radius 2 is 1.79 bits per heavy atom. The first-order valence-corrected chi connectivity index (χ1v) is 10.9. The number of carbonyl (C=O) groups is 2. The highest BCUT2D eigenvalue weighted by Crippen LogP contribution is 2.27. The Morgan fingerprint density at radius 3 is 2.39 bits per heavy atom. The van der Waals surface area contributed by atoms with Crippen molar-refractivity contribution in [2.45, 2.75) is 20.4 Å². The van der Waals surface area contributed by atoms with Crippen molar-refractivity contribution >= 4 is 35.4 Å². The smallest absolute Gasteiger partial charge is 0.339 e. The van der Waals surface area contributed by atoms with Crippen molar-refractivity contribution in [2.24, 2.45) is 5.10 Å². The van der Waals surface area contributed by atoms with E-state index in [9.17, 15) is 9.59 Å². The molecule has 0 bridgehead atoms. The second kappa shape index (κ2) is 10.8. The molecule has 0 aliphatic heterocycles. The summed E-state index contributed by atoms with van der Waals surface area (Å²) in [6.07, 6.45) is 1.59. The fraction of sp³-hybridized carbons (Fsp3) is 0.240. The van der Waals surface area contributed by atoms with E-state index in [1.807, 2.05) is 55.4 Å². The largest absolute Gasteiger partial charge is 0.462 e. The molecule has 7 nitrogen and oxygen atoms in total. The number of carbonyl (C=O) groups excluding carboxylic acids is 2. The van der Waals surface area contributed by atoms with Crippen LogP contribution in [0, 0.1) is 6.92 Å². The Labute approximate surface area is 198 Å². The first-order chi connectivity index (χ1) is 15.8. The zero-order valence-electron chi connectivity index (χ0n) is 19.1. The van der Waals surface area contributed by atoms with Gasteiger partial charge in [0.1, 0.15) is 6.54 Å². The SMILES string of the molecule is CCOC(=O)c1cc(-c2ccc(Cl)cc2)n(CC(=O)N/N=C\c2ccc(N(C)C)cc2)c1C. The van der Waals surface area contributed by atoms with Crippen LogP contribution < -0.4 is 10.3 Å². The minimum atomic E-state index is -0.427. The number of aromatic nitrogens is 1. The van der Waals surface area contributed by atoms with Gasteiger partial charge in [-0.3, -0.25) is 4.79 Å². The number of benzene rings is 2. The molecule has 0 saturated carbocycles. The van der Waals surface area contributed by atoms with Gasteiger partial charge >= 0.3 is 5.97 Å². The van der Waals surface area contributed by atoms with Gasteiger partial charge in [-0.25, -0.2) is 10.2 Å². The average Bonchev–Trinajstić information content (AvgIpc) is 3.11. The first kappa shape index (κ1) is 24.1. The summed E-state index contributed by atoms with van der Waals surface area (Å²) in [5, 5.41) is 4.67. The molecular formula is C25H27ClN4O3. The zero-order chi connectivity index (χ0) is 24.0. The molecule has 33 heavy (non-hydrogen) atoms. The summed E-state index contributed by atoms with van der Waals surface area (Å²) in [5.74, 6) is -0.746. The van der Waals surface area contributed by atoms with Gasteiger partial charge in [-0.2, -0.15) is 5.10 Å². The molecule has 0 aliphatic rings. The standard InChI is InChI=1S/C25H27ClN4O3/c1-5-33-25(32)22-14-23(19-8-10-20(26)11-9-19)30(17(22)2)16-24(31)28-27-15-18-6-12-21(13-7-18)29(3)4/h6-15H,5,16H2,1-4H3,(H,28,31)/b27-15-. The van der Waals surface area contributed by atoms with E-state index in [0.717, 1.165) is 16.8 Å². The van der Waals surface area contributed by atoms with E-state index in [-0.39, 0.29) is 19.1 Å². The summed E-state index contributed by atoms with van der Waals surface area (Å²) in [6.45, 7) is 3.79. The third kappa shape index (κ3) is 6.02. The van der Waals surface area contributed by atoms with E-state index in [4.69, 9.17) is 16.3 Å². The number of esters is 1. The van der Waals surface area contributed by atoms with Crippen molar-refractivity contribution in [1.29, 1.82) is 0 Å². The lowest BCUT2D eigenvalue weighted by molar-refractivity contribution is -0.121. The van der Waals surface area contributed by atoms with Crippen LogP contribution >= 0.6 is 11.6 Å². The predicted octanol–water partition coefficient (Wildman–Crippen LogP) is 4.51. The fourth-order valence-corrected chi connectivity index (χ4v) is 3.47. The molecule has 172 valence electrons. The van der Waals surface area contributed by atoms with Crippen LogP contribution in [0.15, 0.2) is 59.7 Å². The van der Waals surface area contributed by atoms with Gasteiger partial charge in [0.15, 0.2) is 0 Å². The summed E-state index contributed by atoms with van der Waals surface area (Å²) in [6, 6.07) is 16.7. The van der Waals surface area contributed by atoms with Crippen LogP contribution in [0.1, 0.15) is 28.5 Å². The molecule has 1 amide bonds. The molecule has 0 atom stereocenters. The lowest BCUT2D eigenvalue weighted by atomic mass is 10.1. The van der Waals surface area contributed by atoms with E-state index in [1.165, 1.54) is 0 Å². The molecule has 0 fully saturated rings. The normalized spacial score (nSPS) is 10.9. The van der Waals surface area contributed by atoms with Crippen LogP contribution in [0.5, 0.6) is 0 Å². The molecule has 0 radical (unpaired) electrons. The van der Waals surface area contributed by atoms with E-state index >= 15 is 0 Å². The highest BCUT2D eigenvalue weighted by molar-refractivity contribution is 6.30. The Morgan fingerprint density at radius 1 is 1.12 bits per heavy atom. The maximum Gasteiger partial charge on any atom is 0.339 e. The van der Waals surface area contributed by atoms with Gasteiger partial charge in [-0.1, -0.05) is 35.9 Å². The molecule has 3 rings (SSSR count). The molecule has 2 aromatic carbocycles. The topological polar surface area (TPSA) is 75.9 Å². The number of hydrogen-bond acceptors (Lipinski definition) is 5. The number of nitrogens with zero attached hydrogens (tertiary/aromatic N) is 3. The predicted molar refractivity (Wildman–Crippen MR) is 132 cm³/mol. The van der Waals surface area contributed by atoms with Crippen LogP contribution in [-0.4, -0.2) is 43.4 Å². The van der Waals surface area contributed by atoms with Gasteiger partial charge in [0.05, 0.1) is 18.4 Å². The van der Waals surface area contributed by atoms with Crippen molar-refractivity contribution in [3.8, 4) is 11.3 Å². The molecule has 0 unspecified atom stereocenters. The second-order valence-electron chi connectivity index (χ2n) is 7.62. The lowest BCUT2D eigenvalue weighted by Crippen LogP contribution is -2.24. The lowest BCUT2D eigenvalue weighted by Gasteiger charge is -2.12. The number of ether oxygens (including phenoxy) is 1. The molecule has 0 saturated heterocycles. The number of halogens is 1. The highest BCUT2D eigenvalue weighted by Gasteiger charge is 2.21. The number of hydrazone groups is 1. The Balaban J connectivity index is 1.79. The fourth-order valence-electron chi connectivity index (χ4n) is 3.34. The van der Waals surface area contributed by atoms with Crippen LogP contribution in [0.4, 0.5) is 5.69 Å². The van der Waals surface area contributed by atoms with Gasteiger partial charge < -0.3 is 14.2 Å². The summed E-state index contributed by atoms with van der Waals surface area (Å²) < 4.78 is 6.94. The monoisotopic (exact) mass is 466 g/mol. The third-order valence-corrected chi connectivity index (χ3v) is 5.37. The first-order valence-electron chi connectivity index (χ1n) is 10.5. The molecular weight excluding hydrogens is 440 g/mol. The minimum absolute atomic E-state index is 0.0138. The Bertz CT molecular complexity index is 1150. The number of anilines is 1. The maximum absolute atomic E-state index is 12.7. The summed E-state index contributed by atoms with van der Waals surface area (Å²) in [5.41, 5.74) is 7.09. The molecule has 1 heterocycles. The van der Waals surface area contributed by atoms with Gasteiger partial charge in [-0.15, -0.1) is 0 Å². The summed E-state index contributed by atoms with van der Waals surface area (Å²) in [4.78, 5) is 27.1. The number of hydrogen-bond donors (Lipinski definition) is 1. The second-order valence-corrected chi connectivity index (χ2v) is 8.06. The zero-order valence-corrected chi connectivity index (χ0v) is 19.9. The van der Waals surface area contributed by atoms with E-state index in [1.54, 1.807) is 42.8 Å². The van der Waals surface area contributed by atoms with Crippen molar-refractivity contribution in [3.05, 3.63) is 76.4 Å². The quantitative estimate of drug-likeness (QED) is 0.301. The Hall–Kier alpha value is -3.58. The van der Waals surface area contributed by atoms with Gasteiger partial charge in [0, 0.05) is 36.2 Å². The highest BCUT2D eigenvalue weighted by atomic mass is 35.5. The minimum Gasteiger partial charge on any atom is -0.462 e. The van der Waals surface area contributed by atoms with Gasteiger partial charge in [0.2, 0.25) is 0 Å². The van der Waals surface area contributed by atoms with Crippen LogP contribution in [0.25, 0.3) is 11.3 Å². The molecule has 0 spiro atoms. The molecule has 1 N–H and O–H groups in total. The van der Waals surface area contributed by atoms with Crippen LogP contribution in [0.3, 0.4) is 0 Å². The van der Waals surface area contributed by atoms with E-state index in [2.05, 4.69) is 10.5 Å². The van der Waals surface area contributed by atoms with Crippen molar-refractivity contribution in [1.82, 2.24) is 9.99 Å². The number of amides is 1. The van der Waals surface area contributed by atoms with Crippen LogP contribution in [-0.2, 0) is 16.1 Å².